The highest BCUT2D eigenvalue weighted by molar-refractivity contribution is 7.90. The van der Waals surface area contributed by atoms with Gasteiger partial charge < -0.3 is 15.3 Å². The third-order valence-corrected chi connectivity index (χ3v) is 4.98. The number of carboxylic acid groups (broad SMARTS) is 1. The van der Waals surface area contributed by atoms with Crippen molar-refractivity contribution < 1.29 is 23.1 Å². The van der Waals surface area contributed by atoms with Crippen LogP contribution >= 0.6 is 0 Å². The summed E-state index contributed by atoms with van der Waals surface area (Å²) in [5.41, 5.74) is -0.667. The van der Waals surface area contributed by atoms with Crippen LogP contribution in [0.25, 0.3) is 0 Å². The Hall–Kier alpha value is -1.31. The van der Waals surface area contributed by atoms with Crippen LogP contribution in [-0.4, -0.2) is 61.6 Å². The molecule has 0 aromatic rings. The maximum atomic E-state index is 12.1. The van der Waals surface area contributed by atoms with Crippen molar-refractivity contribution in [1.29, 1.82) is 0 Å². The van der Waals surface area contributed by atoms with Crippen LogP contribution < -0.4 is 5.32 Å². The molecule has 0 heterocycles. The van der Waals surface area contributed by atoms with Gasteiger partial charge in [0.05, 0.1) is 17.7 Å². The molecule has 0 aliphatic heterocycles. The largest absolute Gasteiger partial charge is 0.481 e. The van der Waals surface area contributed by atoms with E-state index in [1.165, 1.54) is 4.90 Å². The van der Waals surface area contributed by atoms with Gasteiger partial charge in [-0.3, -0.25) is 4.79 Å². The third kappa shape index (κ3) is 5.53. The van der Waals surface area contributed by atoms with E-state index in [0.29, 0.717) is 12.8 Å². The first-order chi connectivity index (χ1) is 9.66. The number of hydrogen-bond acceptors (Lipinski definition) is 4. The molecule has 122 valence electrons. The molecule has 0 bridgehead atoms. The Morgan fingerprint density at radius 3 is 2.29 bits per heavy atom. The molecule has 0 saturated heterocycles. The first-order valence-electron chi connectivity index (χ1n) is 7.07. The van der Waals surface area contributed by atoms with E-state index in [0.717, 1.165) is 25.5 Å². The van der Waals surface area contributed by atoms with Crippen LogP contribution in [0, 0.1) is 0 Å². The quantitative estimate of drug-likeness (QED) is 0.755. The van der Waals surface area contributed by atoms with E-state index in [2.05, 4.69) is 5.32 Å². The van der Waals surface area contributed by atoms with Crippen LogP contribution in [0.2, 0.25) is 0 Å². The third-order valence-electron chi connectivity index (χ3n) is 4.03. The number of carboxylic acids is 1. The summed E-state index contributed by atoms with van der Waals surface area (Å²) < 4.78 is 22.1. The molecule has 1 saturated carbocycles. The van der Waals surface area contributed by atoms with E-state index in [4.69, 9.17) is 5.11 Å². The second-order valence-corrected chi connectivity index (χ2v) is 8.04. The van der Waals surface area contributed by atoms with E-state index >= 15 is 0 Å². The van der Waals surface area contributed by atoms with E-state index in [1.54, 1.807) is 7.05 Å². The molecule has 2 amide bonds. The van der Waals surface area contributed by atoms with E-state index in [-0.39, 0.29) is 18.7 Å². The zero-order valence-electron chi connectivity index (χ0n) is 12.6. The first kappa shape index (κ1) is 17.7. The lowest BCUT2D eigenvalue weighted by atomic mass is 9.78. The Balaban J connectivity index is 2.68. The van der Waals surface area contributed by atoms with Crippen LogP contribution in [0.15, 0.2) is 0 Å². The maximum Gasteiger partial charge on any atom is 0.317 e. The van der Waals surface area contributed by atoms with Crippen LogP contribution in [0.1, 0.15) is 38.5 Å². The number of carbonyl (C=O) groups excluding carboxylic acids is 1. The Morgan fingerprint density at radius 1 is 1.24 bits per heavy atom. The van der Waals surface area contributed by atoms with Gasteiger partial charge in [-0.15, -0.1) is 0 Å². The lowest BCUT2D eigenvalue weighted by Gasteiger charge is -2.43. The minimum absolute atomic E-state index is 0.0329. The van der Waals surface area contributed by atoms with Crippen molar-refractivity contribution in [3.05, 3.63) is 0 Å². The molecule has 0 atom stereocenters. The van der Waals surface area contributed by atoms with Crippen molar-refractivity contribution in [1.82, 2.24) is 10.2 Å². The molecule has 1 rings (SSSR count). The summed E-state index contributed by atoms with van der Waals surface area (Å²) in [6.45, 7) is 0.0329. The number of hydrogen-bond donors (Lipinski definition) is 2. The van der Waals surface area contributed by atoms with Crippen LogP contribution in [0.5, 0.6) is 0 Å². The van der Waals surface area contributed by atoms with Crippen LogP contribution in [0.3, 0.4) is 0 Å². The smallest absolute Gasteiger partial charge is 0.317 e. The fraction of sp³-hybridized carbons (Fsp3) is 0.846. The Bertz CT molecular complexity index is 483. The molecule has 2 N–H and O–H groups in total. The van der Waals surface area contributed by atoms with Gasteiger partial charge in [0.25, 0.3) is 0 Å². The fourth-order valence-electron chi connectivity index (χ4n) is 2.80. The van der Waals surface area contributed by atoms with Crippen molar-refractivity contribution >= 4 is 21.8 Å². The van der Waals surface area contributed by atoms with Gasteiger partial charge in [0.2, 0.25) is 0 Å². The molecule has 0 radical (unpaired) electrons. The highest BCUT2D eigenvalue weighted by Crippen LogP contribution is 2.35. The fourth-order valence-corrected chi connectivity index (χ4v) is 3.27. The highest BCUT2D eigenvalue weighted by Gasteiger charge is 2.40. The molecule has 7 nitrogen and oxygen atoms in total. The molecule has 0 aromatic heterocycles. The second-order valence-electron chi connectivity index (χ2n) is 5.78. The average Bonchev–Trinajstić information content (AvgIpc) is 2.36. The molecule has 0 unspecified atom stereocenters. The summed E-state index contributed by atoms with van der Waals surface area (Å²) in [5, 5.41) is 11.7. The molecule has 8 heteroatoms. The Labute approximate surface area is 125 Å². The van der Waals surface area contributed by atoms with Gasteiger partial charge in [0.15, 0.2) is 0 Å². The predicted octanol–water partition coefficient (Wildman–Crippen LogP) is 0.850. The highest BCUT2D eigenvalue weighted by atomic mass is 32.2. The molecule has 21 heavy (non-hydrogen) atoms. The molecular formula is C13H24N2O5S. The molecule has 1 fully saturated rings. The zero-order valence-corrected chi connectivity index (χ0v) is 13.4. The summed E-state index contributed by atoms with van der Waals surface area (Å²) in [7, 11) is -1.54. The summed E-state index contributed by atoms with van der Waals surface area (Å²) in [4.78, 5) is 24.7. The topological polar surface area (TPSA) is 104 Å². The number of amides is 2. The zero-order chi connectivity index (χ0) is 16.1. The average molecular weight is 320 g/mol. The minimum atomic E-state index is -3.13. The molecule has 1 aliphatic carbocycles. The van der Waals surface area contributed by atoms with Crippen molar-refractivity contribution in [3.8, 4) is 0 Å². The molecule has 0 aromatic carbocycles. The van der Waals surface area contributed by atoms with Crippen LogP contribution in [0.4, 0.5) is 4.79 Å². The van der Waals surface area contributed by atoms with Gasteiger partial charge in [0.1, 0.15) is 9.84 Å². The number of rotatable bonds is 6. The minimum Gasteiger partial charge on any atom is -0.481 e. The van der Waals surface area contributed by atoms with Gasteiger partial charge >= 0.3 is 12.0 Å². The maximum absolute atomic E-state index is 12.1. The van der Waals surface area contributed by atoms with Crippen molar-refractivity contribution in [2.45, 2.75) is 44.1 Å². The van der Waals surface area contributed by atoms with E-state index < -0.39 is 27.4 Å². The summed E-state index contributed by atoms with van der Waals surface area (Å²) in [5.74, 6) is -1.05. The van der Waals surface area contributed by atoms with Crippen LogP contribution in [-0.2, 0) is 14.6 Å². The number of urea groups is 1. The Kier molecular flexibility index (Phi) is 6.00. The SMILES string of the molecule is CN(C(=O)NCCS(C)(=O)=O)C1(CC(=O)O)CCCCC1. The molecule has 1 aliphatic rings. The lowest BCUT2D eigenvalue weighted by Crippen LogP contribution is -2.55. The van der Waals surface area contributed by atoms with Gasteiger partial charge in [-0.1, -0.05) is 19.3 Å². The van der Waals surface area contributed by atoms with E-state index in [1.807, 2.05) is 0 Å². The molecule has 0 spiro atoms. The van der Waals surface area contributed by atoms with E-state index in [9.17, 15) is 18.0 Å². The van der Waals surface area contributed by atoms with Gasteiger partial charge in [-0.2, -0.15) is 0 Å². The monoisotopic (exact) mass is 320 g/mol. The van der Waals surface area contributed by atoms with Crippen molar-refractivity contribution in [2.24, 2.45) is 0 Å². The van der Waals surface area contributed by atoms with Gasteiger partial charge in [-0.05, 0) is 12.8 Å². The lowest BCUT2D eigenvalue weighted by molar-refractivity contribution is -0.140. The summed E-state index contributed by atoms with van der Waals surface area (Å²) in [6, 6.07) is -0.415. The summed E-state index contributed by atoms with van der Waals surface area (Å²) >= 11 is 0. The normalized spacial score (nSPS) is 18.0. The van der Waals surface area contributed by atoms with Crippen molar-refractivity contribution in [3.63, 3.8) is 0 Å². The van der Waals surface area contributed by atoms with Crippen molar-refractivity contribution in [2.75, 3.05) is 25.6 Å². The standard InChI is InChI=1S/C13H24N2O5S/c1-15(12(18)14-8-9-21(2,19)20)13(10-11(16)17)6-4-3-5-7-13/h3-10H2,1-2H3,(H,14,18)(H,16,17). The van der Waals surface area contributed by atoms with Gasteiger partial charge in [0, 0.05) is 19.8 Å². The van der Waals surface area contributed by atoms with Gasteiger partial charge in [-0.25, -0.2) is 13.2 Å². The summed E-state index contributed by atoms with van der Waals surface area (Å²) in [6.07, 6.45) is 5.19. The first-order valence-corrected chi connectivity index (χ1v) is 9.13. The number of aliphatic carboxylic acids is 1. The second kappa shape index (κ2) is 7.11. The number of nitrogens with zero attached hydrogens (tertiary/aromatic N) is 1. The predicted molar refractivity (Wildman–Crippen MR) is 78.9 cm³/mol. The molecular weight excluding hydrogens is 296 g/mol. The Morgan fingerprint density at radius 2 is 1.81 bits per heavy atom. The number of carbonyl (C=O) groups is 2. The number of sulfone groups is 1. The number of nitrogens with one attached hydrogen (secondary N) is 1.